The molecular formula is C36H26N2O. The molecule has 0 amide bonds. The van der Waals surface area contributed by atoms with Gasteiger partial charge in [0.05, 0.1) is 11.0 Å². The lowest BCUT2D eigenvalue weighted by Crippen LogP contribution is -2.70. The van der Waals surface area contributed by atoms with E-state index >= 15 is 0 Å². The minimum atomic E-state index is -0.192. The summed E-state index contributed by atoms with van der Waals surface area (Å²) in [6.45, 7) is 0. The highest BCUT2D eigenvalue weighted by Crippen LogP contribution is 2.73. The minimum Gasteiger partial charge on any atom is -0.334 e. The summed E-state index contributed by atoms with van der Waals surface area (Å²) in [5, 5.41) is 5.11. The van der Waals surface area contributed by atoms with Crippen LogP contribution in [0.1, 0.15) is 29.6 Å². The monoisotopic (exact) mass is 502 g/mol. The van der Waals surface area contributed by atoms with Crippen molar-refractivity contribution >= 4 is 49.4 Å². The van der Waals surface area contributed by atoms with E-state index in [2.05, 4.69) is 100 Å². The van der Waals surface area contributed by atoms with Crippen molar-refractivity contribution < 1.29 is 4.79 Å². The standard InChI is InChI=1S/C36H26N2O/c39-34(24-10-2-1-3-11-24)35-21-36(22-35,23-35)38-32-17-9-6-14-28(32)29-20-25(18-19-33(29)38)37-30-15-7-4-12-26(30)27-13-5-8-16-31(27)37/h1-20H,21-23H2. The van der Waals surface area contributed by atoms with Crippen molar-refractivity contribution in [2.45, 2.75) is 24.8 Å². The van der Waals surface area contributed by atoms with Gasteiger partial charge in [0.1, 0.15) is 0 Å². The Hall–Kier alpha value is -4.63. The van der Waals surface area contributed by atoms with E-state index in [-0.39, 0.29) is 11.0 Å². The molecule has 3 nitrogen and oxygen atoms in total. The molecule has 0 spiro atoms. The van der Waals surface area contributed by atoms with Crippen molar-refractivity contribution in [3.8, 4) is 5.69 Å². The van der Waals surface area contributed by atoms with Crippen LogP contribution >= 0.6 is 0 Å². The van der Waals surface area contributed by atoms with Crippen LogP contribution in [0.25, 0.3) is 49.3 Å². The van der Waals surface area contributed by atoms with Crippen LogP contribution in [-0.4, -0.2) is 14.9 Å². The summed E-state index contributed by atoms with van der Waals surface area (Å²) in [5.74, 6) is 0.319. The Kier molecular flexibility index (Phi) is 3.97. The number of carbonyl (C=O) groups is 1. The van der Waals surface area contributed by atoms with Gasteiger partial charge in [0.25, 0.3) is 0 Å². The Morgan fingerprint density at radius 3 is 1.69 bits per heavy atom. The SMILES string of the molecule is O=C(c1ccccc1)C12CC(n3c4ccccc4c4cc(-n5c6ccccc6c6ccccc65)ccc43)(C1)C2. The number of benzene rings is 5. The quantitative estimate of drug-likeness (QED) is 0.221. The van der Waals surface area contributed by atoms with Gasteiger partial charge >= 0.3 is 0 Å². The summed E-state index contributed by atoms with van der Waals surface area (Å²) in [4.78, 5) is 13.4. The second kappa shape index (κ2) is 7.27. The molecule has 3 aliphatic rings. The first kappa shape index (κ1) is 21.3. The van der Waals surface area contributed by atoms with Crippen LogP contribution in [0.2, 0.25) is 0 Å². The van der Waals surface area contributed by atoms with Crippen molar-refractivity contribution in [2.24, 2.45) is 5.41 Å². The summed E-state index contributed by atoms with van der Waals surface area (Å²) in [6.07, 6.45) is 2.78. The van der Waals surface area contributed by atoms with E-state index in [1.807, 2.05) is 30.3 Å². The Morgan fingerprint density at radius 2 is 1.05 bits per heavy atom. The van der Waals surface area contributed by atoms with E-state index in [0.717, 1.165) is 24.8 Å². The zero-order chi connectivity index (χ0) is 25.8. The predicted octanol–water partition coefficient (Wildman–Crippen LogP) is 8.65. The van der Waals surface area contributed by atoms with Crippen LogP contribution in [-0.2, 0) is 5.54 Å². The van der Waals surface area contributed by atoms with Crippen molar-refractivity contribution in [2.75, 3.05) is 0 Å². The maximum Gasteiger partial charge on any atom is 0.169 e. The van der Waals surface area contributed by atoms with E-state index in [1.54, 1.807) is 0 Å². The molecule has 0 radical (unpaired) electrons. The Balaban J connectivity index is 1.21. The van der Waals surface area contributed by atoms with Gasteiger partial charge in [0, 0.05) is 54.8 Å². The van der Waals surface area contributed by atoms with E-state index in [1.165, 1.54) is 49.3 Å². The number of hydrogen-bond acceptors (Lipinski definition) is 1. The molecule has 3 fully saturated rings. The van der Waals surface area contributed by atoms with E-state index in [0.29, 0.717) is 5.78 Å². The lowest BCUT2D eigenvalue weighted by Gasteiger charge is -2.70. The summed E-state index contributed by atoms with van der Waals surface area (Å²) < 4.78 is 4.96. The molecule has 2 aromatic heterocycles. The Labute approximate surface area is 225 Å². The lowest BCUT2D eigenvalue weighted by atomic mass is 9.37. The molecule has 3 saturated carbocycles. The highest BCUT2D eigenvalue weighted by molar-refractivity contribution is 6.12. The molecule has 39 heavy (non-hydrogen) atoms. The molecule has 186 valence electrons. The summed E-state index contributed by atoms with van der Waals surface area (Å²) in [5.41, 5.74) is 6.85. The lowest BCUT2D eigenvalue weighted by molar-refractivity contribution is -0.147. The predicted molar refractivity (Wildman–Crippen MR) is 159 cm³/mol. The van der Waals surface area contributed by atoms with Crippen LogP contribution in [0.15, 0.2) is 121 Å². The molecule has 5 aromatic carbocycles. The minimum absolute atomic E-state index is 0.0279. The molecule has 10 rings (SSSR count). The fourth-order valence-corrected chi connectivity index (χ4v) is 7.92. The number of para-hydroxylation sites is 3. The van der Waals surface area contributed by atoms with Crippen LogP contribution in [0.3, 0.4) is 0 Å². The molecule has 0 atom stereocenters. The van der Waals surface area contributed by atoms with Gasteiger partial charge in [-0.2, -0.15) is 0 Å². The van der Waals surface area contributed by atoms with Gasteiger partial charge in [0.15, 0.2) is 5.78 Å². The smallest absolute Gasteiger partial charge is 0.169 e. The third kappa shape index (κ3) is 2.65. The summed E-state index contributed by atoms with van der Waals surface area (Å²) in [7, 11) is 0. The number of ketones is 1. The molecule has 2 heterocycles. The highest BCUT2D eigenvalue weighted by Gasteiger charge is 2.72. The Bertz CT molecular complexity index is 2060. The van der Waals surface area contributed by atoms with Crippen molar-refractivity contribution in [1.82, 2.24) is 9.13 Å². The van der Waals surface area contributed by atoms with Gasteiger partial charge in [-0.25, -0.2) is 0 Å². The number of aromatic nitrogens is 2. The number of nitrogens with zero attached hydrogens (tertiary/aromatic N) is 2. The fraction of sp³-hybridized carbons (Fsp3) is 0.139. The normalized spacial score (nSPS) is 21.8. The third-order valence-electron chi connectivity index (χ3n) is 9.49. The third-order valence-corrected chi connectivity index (χ3v) is 9.49. The zero-order valence-electron chi connectivity index (χ0n) is 21.5. The molecule has 0 saturated heterocycles. The van der Waals surface area contributed by atoms with Crippen LogP contribution in [0.5, 0.6) is 0 Å². The summed E-state index contributed by atoms with van der Waals surface area (Å²) in [6, 6.07) is 42.9. The van der Waals surface area contributed by atoms with Crippen LogP contribution in [0.4, 0.5) is 0 Å². The second-order valence-corrected chi connectivity index (χ2v) is 11.7. The average Bonchev–Trinajstić information content (AvgIpc) is 3.45. The largest absolute Gasteiger partial charge is 0.334 e. The number of Topliss-reactive ketones (excluding diaryl/α,β-unsaturated/α-hetero) is 1. The number of fused-ring (bicyclic) bond motifs is 6. The molecule has 3 aliphatic carbocycles. The molecule has 7 aromatic rings. The molecule has 2 bridgehead atoms. The van der Waals surface area contributed by atoms with Crippen molar-refractivity contribution in [1.29, 1.82) is 0 Å². The Morgan fingerprint density at radius 1 is 0.538 bits per heavy atom. The van der Waals surface area contributed by atoms with Gasteiger partial charge in [0.2, 0.25) is 0 Å². The van der Waals surface area contributed by atoms with Crippen LogP contribution < -0.4 is 0 Å². The first-order valence-electron chi connectivity index (χ1n) is 13.8. The molecule has 0 unspecified atom stereocenters. The molecule has 0 aliphatic heterocycles. The maximum absolute atomic E-state index is 13.4. The van der Waals surface area contributed by atoms with Crippen molar-refractivity contribution in [3.05, 3.63) is 127 Å². The topological polar surface area (TPSA) is 26.9 Å². The van der Waals surface area contributed by atoms with Gasteiger partial charge in [-0.3, -0.25) is 4.79 Å². The van der Waals surface area contributed by atoms with E-state index in [9.17, 15) is 4.79 Å². The molecule has 3 heteroatoms. The van der Waals surface area contributed by atoms with Gasteiger partial charge in [-0.05, 0) is 55.7 Å². The maximum atomic E-state index is 13.4. The van der Waals surface area contributed by atoms with E-state index in [4.69, 9.17) is 0 Å². The average molecular weight is 503 g/mol. The van der Waals surface area contributed by atoms with Gasteiger partial charge in [-0.1, -0.05) is 84.9 Å². The number of carbonyl (C=O) groups excluding carboxylic acids is 1. The second-order valence-electron chi connectivity index (χ2n) is 11.7. The summed E-state index contributed by atoms with van der Waals surface area (Å²) >= 11 is 0. The van der Waals surface area contributed by atoms with Crippen LogP contribution in [0, 0.1) is 5.41 Å². The molecular weight excluding hydrogens is 476 g/mol. The zero-order valence-corrected chi connectivity index (χ0v) is 21.5. The molecule has 0 N–H and O–H groups in total. The van der Waals surface area contributed by atoms with Gasteiger partial charge in [-0.15, -0.1) is 0 Å². The highest BCUT2D eigenvalue weighted by atomic mass is 16.1. The number of hydrogen-bond donors (Lipinski definition) is 0. The van der Waals surface area contributed by atoms with Crippen molar-refractivity contribution in [3.63, 3.8) is 0 Å². The van der Waals surface area contributed by atoms with E-state index < -0.39 is 0 Å². The first-order chi connectivity index (χ1) is 19.2. The first-order valence-corrected chi connectivity index (χ1v) is 13.8. The fourth-order valence-electron chi connectivity index (χ4n) is 7.92. The number of rotatable bonds is 4. The van der Waals surface area contributed by atoms with Gasteiger partial charge < -0.3 is 9.13 Å².